The van der Waals surface area contributed by atoms with Crippen LogP contribution in [0.3, 0.4) is 0 Å². The number of amides is 1. The molecule has 1 saturated carbocycles. The van der Waals surface area contributed by atoms with E-state index in [9.17, 15) is 17.6 Å². The van der Waals surface area contributed by atoms with Gasteiger partial charge in [0.2, 0.25) is 10.0 Å². The largest absolute Gasteiger partial charge is 0.331 e. The van der Waals surface area contributed by atoms with Crippen molar-refractivity contribution in [1.29, 1.82) is 0 Å². The molecule has 0 radical (unpaired) electrons. The van der Waals surface area contributed by atoms with E-state index >= 15 is 0 Å². The molecule has 1 aliphatic carbocycles. The van der Waals surface area contributed by atoms with Gasteiger partial charge >= 0.3 is 0 Å². The molecule has 1 amide bonds. The number of nitrogens with one attached hydrogen (secondary N) is 1. The molecular formula is C19H21FN2O3S. The van der Waals surface area contributed by atoms with Crippen molar-refractivity contribution in [3.8, 4) is 0 Å². The van der Waals surface area contributed by atoms with Crippen molar-refractivity contribution in [2.24, 2.45) is 0 Å². The molecule has 0 aliphatic heterocycles. The van der Waals surface area contributed by atoms with Gasteiger partial charge in [-0.2, -0.15) is 0 Å². The zero-order valence-corrected chi connectivity index (χ0v) is 15.3. The van der Waals surface area contributed by atoms with E-state index in [4.69, 9.17) is 0 Å². The fourth-order valence-electron chi connectivity index (χ4n) is 2.76. The van der Waals surface area contributed by atoms with Crippen LogP contribution in [0.25, 0.3) is 0 Å². The monoisotopic (exact) mass is 376 g/mol. The van der Waals surface area contributed by atoms with E-state index in [0.29, 0.717) is 18.7 Å². The second-order valence-corrected chi connectivity index (χ2v) is 8.08. The van der Waals surface area contributed by atoms with Crippen LogP contribution in [0.1, 0.15) is 35.7 Å². The maximum Gasteiger partial charge on any atom is 0.254 e. The van der Waals surface area contributed by atoms with Crippen molar-refractivity contribution in [3.05, 3.63) is 65.5 Å². The molecule has 0 saturated heterocycles. The minimum absolute atomic E-state index is 0.132. The lowest BCUT2D eigenvalue weighted by Gasteiger charge is -2.23. The number of benzene rings is 2. The summed E-state index contributed by atoms with van der Waals surface area (Å²) in [6.45, 7) is 2.41. The summed E-state index contributed by atoms with van der Waals surface area (Å²) < 4.78 is 39.5. The number of rotatable bonds is 7. The summed E-state index contributed by atoms with van der Waals surface area (Å²) in [5, 5.41) is 0. The molecule has 0 aromatic heterocycles. The molecule has 7 heteroatoms. The fraction of sp³-hybridized carbons (Fsp3) is 0.316. The van der Waals surface area contributed by atoms with Crippen LogP contribution in [0.2, 0.25) is 0 Å². The quantitative estimate of drug-likeness (QED) is 0.808. The maximum absolute atomic E-state index is 13.1. The molecule has 0 unspecified atom stereocenters. The van der Waals surface area contributed by atoms with Gasteiger partial charge < -0.3 is 4.90 Å². The lowest BCUT2D eigenvalue weighted by Crippen LogP contribution is -2.32. The molecule has 1 N–H and O–H groups in total. The van der Waals surface area contributed by atoms with Crippen LogP contribution in [-0.2, 0) is 16.6 Å². The Kier molecular flexibility index (Phi) is 5.38. The highest BCUT2D eigenvalue weighted by molar-refractivity contribution is 7.89. The van der Waals surface area contributed by atoms with Crippen LogP contribution < -0.4 is 4.72 Å². The summed E-state index contributed by atoms with van der Waals surface area (Å²) in [6, 6.07) is 12.2. The van der Waals surface area contributed by atoms with Gasteiger partial charge in [-0.05, 0) is 54.8 Å². The predicted molar refractivity (Wildman–Crippen MR) is 96.6 cm³/mol. The normalized spacial score (nSPS) is 14.2. The minimum Gasteiger partial charge on any atom is -0.331 e. The molecule has 26 heavy (non-hydrogen) atoms. The Morgan fingerprint density at radius 1 is 1.12 bits per heavy atom. The molecule has 138 valence electrons. The summed E-state index contributed by atoms with van der Waals surface area (Å²) in [5.74, 6) is -0.459. The van der Waals surface area contributed by atoms with E-state index < -0.39 is 10.0 Å². The molecule has 1 fully saturated rings. The smallest absolute Gasteiger partial charge is 0.254 e. The highest BCUT2D eigenvalue weighted by Crippen LogP contribution is 2.30. The molecule has 2 aromatic carbocycles. The average Bonchev–Trinajstić information content (AvgIpc) is 3.46. The molecule has 5 nitrogen and oxygen atoms in total. The number of hydrogen-bond acceptors (Lipinski definition) is 3. The van der Waals surface area contributed by atoms with Crippen LogP contribution in [0.4, 0.5) is 4.39 Å². The van der Waals surface area contributed by atoms with Crippen molar-refractivity contribution in [2.75, 3.05) is 6.54 Å². The maximum atomic E-state index is 13.1. The zero-order valence-electron chi connectivity index (χ0n) is 14.5. The summed E-state index contributed by atoms with van der Waals surface area (Å²) in [7, 11) is -3.54. The molecule has 2 aromatic rings. The van der Waals surface area contributed by atoms with Gasteiger partial charge in [0.1, 0.15) is 5.82 Å². The third-order valence-corrected chi connectivity index (χ3v) is 5.82. The van der Waals surface area contributed by atoms with Crippen LogP contribution in [-0.4, -0.2) is 31.8 Å². The third-order valence-electron chi connectivity index (χ3n) is 4.26. The number of sulfonamides is 1. The van der Waals surface area contributed by atoms with Crippen molar-refractivity contribution in [3.63, 3.8) is 0 Å². The second-order valence-electron chi connectivity index (χ2n) is 6.32. The van der Waals surface area contributed by atoms with Crippen LogP contribution in [0, 0.1) is 5.82 Å². The Balaban J connectivity index is 1.78. The highest BCUT2D eigenvalue weighted by atomic mass is 32.2. The molecule has 0 heterocycles. The van der Waals surface area contributed by atoms with Gasteiger partial charge in [-0.25, -0.2) is 17.5 Å². The van der Waals surface area contributed by atoms with Gasteiger partial charge in [0.15, 0.2) is 0 Å². The van der Waals surface area contributed by atoms with Gasteiger partial charge in [0, 0.05) is 24.7 Å². The topological polar surface area (TPSA) is 66.5 Å². The molecular weight excluding hydrogens is 355 g/mol. The Hall–Kier alpha value is -2.25. The molecule has 1 aliphatic rings. The molecule has 0 bridgehead atoms. The standard InChI is InChI=1S/C19H21FN2O3S/c1-2-21-26(24,25)18-11-5-15(6-12-18)19(23)22(17-9-10-17)13-14-3-7-16(20)8-4-14/h3-8,11-12,17,21H,2,9-10,13H2,1H3. The summed E-state index contributed by atoms with van der Waals surface area (Å²) in [6.07, 6.45) is 1.89. The predicted octanol–water partition coefficient (Wildman–Crippen LogP) is 2.93. The van der Waals surface area contributed by atoms with Crippen molar-refractivity contribution < 1.29 is 17.6 Å². The summed E-state index contributed by atoms with van der Waals surface area (Å²) in [5.41, 5.74) is 1.30. The lowest BCUT2D eigenvalue weighted by atomic mass is 10.1. The Morgan fingerprint density at radius 3 is 2.27 bits per heavy atom. The van der Waals surface area contributed by atoms with Gasteiger partial charge in [0.25, 0.3) is 5.91 Å². The molecule has 0 spiro atoms. The first-order chi connectivity index (χ1) is 12.4. The number of carbonyl (C=O) groups excluding carboxylic acids is 1. The Bertz CT molecular complexity index is 876. The van der Waals surface area contributed by atoms with E-state index in [1.807, 2.05) is 0 Å². The summed E-state index contributed by atoms with van der Waals surface area (Å²) >= 11 is 0. The van der Waals surface area contributed by atoms with E-state index in [0.717, 1.165) is 18.4 Å². The number of nitrogens with zero attached hydrogens (tertiary/aromatic N) is 1. The lowest BCUT2D eigenvalue weighted by molar-refractivity contribution is 0.0730. The molecule has 0 atom stereocenters. The van der Waals surface area contributed by atoms with E-state index in [-0.39, 0.29) is 22.7 Å². The highest BCUT2D eigenvalue weighted by Gasteiger charge is 2.33. The molecule has 3 rings (SSSR count). The average molecular weight is 376 g/mol. The van der Waals surface area contributed by atoms with E-state index in [1.54, 1.807) is 24.0 Å². The second kappa shape index (κ2) is 7.55. The number of halogens is 1. The minimum atomic E-state index is -3.54. The summed E-state index contributed by atoms with van der Waals surface area (Å²) in [4.78, 5) is 14.8. The van der Waals surface area contributed by atoms with Gasteiger partial charge in [-0.1, -0.05) is 19.1 Å². The van der Waals surface area contributed by atoms with Crippen molar-refractivity contribution in [2.45, 2.75) is 37.2 Å². The van der Waals surface area contributed by atoms with E-state index in [2.05, 4.69) is 4.72 Å². The first-order valence-electron chi connectivity index (χ1n) is 8.56. The van der Waals surface area contributed by atoms with Gasteiger partial charge in [-0.15, -0.1) is 0 Å². The first-order valence-corrected chi connectivity index (χ1v) is 10.0. The SMILES string of the molecule is CCNS(=O)(=O)c1ccc(C(=O)N(Cc2ccc(F)cc2)C2CC2)cc1. The third kappa shape index (κ3) is 4.28. The van der Waals surface area contributed by atoms with Crippen LogP contribution in [0.15, 0.2) is 53.4 Å². The van der Waals surface area contributed by atoms with Crippen LogP contribution >= 0.6 is 0 Å². The van der Waals surface area contributed by atoms with Gasteiger partial charge in [-0.3, -0.25) is 4.79 Å². The Labute approximate surface area is 152 Å². The zero-order chi connectivity index (χ0) is 18.7. The first kappa shape index (κ1) is 18.5. The van der Waals surface area contributed by atoms with Crippen molar-refractivity contribution >= 4 is 15.9 Å². The fourth-order valence-corrected chi connectivity index (χ4v) is 3.80. The number of carbonyl (C=O) groups is 1. The Morgan fingerprint density at radius 2 is 1.73 bits per heavy atom. The van der Waals surface area contributed by atoms with Crippen LogP contribution in [0.5, 0.6) is 0 Å². The van der Waals surface area contributed by atoms with Crippen molar-refractivity contribution in [1.82, 2.24) is 9.62 Å². The number of hydrogen-bond donors (Lipinski definition) is 1. The van der Waals surface area contributed by atoms with Gasteiger partial charge in [0.05, 0.1) is 4.90 Å². The van der Waals surface area contributed by atoms with E-state index in [1.165, 1.54) is 36.4 Å².